The number of rotatable bonds is 2. The predicted octanol–water partition coefficient (Wildman–Crippen LogP) is 5.11. The van der Waals surface area contributed by atoms with Gasteiger partial charge in [-0.25, -0.2) is 13.8 Å². The molecule has 0 radical (unpaired) electrons. The van der Waals surface area contributed by atoms with Gasteiger partial charge in [0.15, 0.2) is 0 Å². The molecular weight excluding hydrogens is 362 g/mol. The summed E-state index contributed by atoms with van der Waals surface area (Å²) in [5.74, 6) is -0.0792. The van der Waals surface area contributed by atoms with Gasteiger partial charge in [-0.05, 0) is 52.7 Å². The summed E-state index contributed by atoms with van der Waals surface area (Å²) >= 11 is 9.09. The van der Waals surface area contributed by atoms with Gasteiger partial charge in [-0.1, -0.05) is 0 Å². The van der Waals surface area contributed by atoms with Crippen molar-refractivity contribution in [3.63, 3.8) is 0 Å². The van der Waals surface area contributed by atoms with E-state index in [2.05, 4.69) is 20.9 Å². The Morgan fingerprint density at radius 2 is 2.00 bits per heavy atom. The largest absolute Gasteiger partial charge is 0.295 e. The van der Waals surface area contributed by atoms with Crippen LogP contribution in [0.4, 0.5) is 8.78 Å². The predicted molar refractivity (Wildman–Crippen MR) is 83.0 cm³/mol. The van der Waals surface area contributed by atoms with Crippen LogP contribution in [0.2, 0.25) is 0 Å². The number of imidazole rings is 1. The Balaban J connectivity index is 2.38. The molecule has 0 aliphatic heterocycles. The average molecular weight is 372 g/mol. The zero-order valence-electron chi connectivity index (χ0n) is 11.0. The number of fused-ring (bicyclic) bond motifs is 1. The number of halogens is 4. The van der Waals surface area contributed by atoms with Crippen molar-refractivity contribution in [3.05, 3.63) is 57.8 Å². The fraction of sp³-hybridized carbons (Fsp3) is 0.133. The summed E-state index contributed by atoms with van der Waals surface area (Å²) in [5, 5.41) is 0. The van der Waals surface area contributed by atoms with Crippen LogP contribution >= 0.6 is 27.5 Å². The lowest BCUT2D eigenvalue weighted by Crippen LogP contribution is -2.03. The topological polar surface area (TPSA) is 17.8 Å². The Morgan fingerprint density at radius 3 is 2.71 bits per heavy atom. The van der Waals surface area contributed by atoms with Crippen LogP contribution in [0.15, 0.2) is 34.8 Å². The molecule has 3 rings (SSSR count). The molecule has 0 aliphatic rings. The van der Waals surface area contributed by atoms with Gasteiger partial charge < -0.3 is 0 Å². The van der Waals surface area contributed by atoms with Crippen molar-refractivity contribution in [2.45, 2.75) is 12.8 Å². The Labute approximate surface area is 133 Å². The van der Waals surface area contributed by atoms with Crippen molar-refractivity contribution in [2.75, 3.05) is 0 Å². The first-order chi connectivity index (χ1) is 10.0. The van der Waals surface area contributed by atoms with Gasteiger partial charge in [0, 0.05) is 6.07 Å². The van der Waals surface area contributed by atoms with Crippen LogP contribution in [0.25, 0.3) is 16.7 Å². The van der Waals surface area contributed by atoms with Gasteiger partial charge in [-0.3, -0.25) is 4.57 Å². The molecule has 1 heterocycles. The van der Waals surface area contributed by atoms with Crippen LogP contribution in [0.1, 0.15) is 11.4 Å². The summed E-state index contributed by atoms with van der Waals surface area (Å²) in [4.78, 5) is 4.37. The third-order valence-corrected chi connectivity index (χ3v) is 4.13. The maximum atomic E-state index is 13.9. The monoisotopic (exact) mass is 370 g/mol. The van der Waals surface area contributed by atoms with Crippen molar-refractivity contribution in [1.82, 2.24) is 9.55 Å². The third-order valence-electron chi connectivity index (χ3n) is 3.29. The smallest absolute Gasteiger partial charge is 0.139 e. The van der Waals surface area contributed by atoms with E-state index in [9.17, 15) is 8.78 Å². The molecule has 2 nitrogen and oxygen atoms in total. The second-order valence-electron chi connectivity index (χ2n) is 4.68. The normalized spacial score (nSPS) is 11.3. The summed E-state index contributed by atoms with van der Waals surface area (Å²) in [5.41, 5.74) is 2.61. The van der Waals surface area contributed by atoms with E-state index in [-0.39, 0.29) is 11.7 Å². The molecular formula is C15H10BrClF2N2. The van der Waals surface area contributed by atoms with Gasteiger partial charge in [0.05, 0.1) is 27.1 Å². The Bertz CT molecular complexity index is 845. The van der Waals surface area contributed by atoms with Crippen molar-refractivity contribution in [2.24, 2.45) is 0 Å². The Kier molecular flexibility index (Phi) is 3.71. The van der Waals surface area contributed by atoms with Gasteiger partial charge in [0.25, 0.3) is 0 Å². The highest BCUT2D eigenvalue weighted by Crippen LogP contribution is 2.28. The van der Waals surface area contributed by atoms with Crippen molar-refractivity contribution in [3.8, 4) is 5.69 Å². The van der Waals surface area contributed by atoms with Gasteiger partial charge in [0.1, 0.15) is 17.5 Å². The fourth-order valence-electron chi connectivity index (χ4n) is 2.33. The summed E-state index contributed by atoms with van der Waals surface area (Å²) in [6, 6.07) is 7.36. The minimum Gasteiger partial charge on any atom is -0.295 e. The summed E-state index contributed by atoms with van der Waals surface area (Å²) in [6.45, 7) is 1.85. The third kappa shape index (κ3) is 2.45. The van der Waals surface area contributed by atoms with E-state index in [0.717, 1.165) is 5.56 Å². The zero-order chi connectivity index (χ0) is 15.1. The van der Waals surface area contributed by atoms with E-state index in [1.54, 1.807) is 16.7 Å². The first kappa shape index (κ1) is 14.5. The van der Waals surface area contributed by atoms with Crippen molar-refractivity contribution >= 4 is 38.6 Å². The maximum absolute atomic E-state index is 13.9. The van der Waals surface area contributed by atoms with Crippen LogP contribution in [-0.4, -0.2) is 9.55 Å². The molecule has 0 saturated carbocycles. The lowest BCUT2D eigenvalue weighted by atomic mass is 10.2. The second kappa shape index (κ2) is 5.39. The minimum absolute atomic E-state index is 0.146. The van der Waals surface area contributed by atoms with Gasteiger partial charge in [-0.15, -0.1) is 11.6 Å². The number of hydrogen-bond acceptors (Lipinski definition) is 1. The standard InChI is InChI=1S/C15H10BrClF2N2/c1-8-4-10(16)11(19)6-13(8)21-14-5-9(18)2-3-12(14)20-15(21)7-17/h2-6H,7H2,1H3. The number of hydrogen-bond donors (Lipinski definition) is 0. The van der Waals surface area contributed by atoms with Crippen molar-refractivity contribution in [1.29, 1.82) is 0 Å². The minimum atomic E-state index is -0.394. The van der Waals surface area contributed by atoms with Crippen molar-refractivity contribution < 1.29 is 8.78 Å². The van der Waals surface area contributed by atoms with E-state index in [0.29, 0.717) is 27.0 Å². The summed E-state index contributed by atoms with van der Waals surface area (Å²) in [6.07, 6.45) is 0. The molecule has 0 spiro atoms. The molecule has 0 amide bonds. The lowest BCUT2D eigenvalue weighted by Gasteiger charge is -2.12. The molecule has 21 heavy (non-hydrogen) atoms. The molecule has 0 atom stereocenters. The first-order valence-electron chi connectivity index (χ1n) is 6.20. The molecule has 3 aromatic rings. The van der Waals surface area contributed by atoms with E-state index in [1.165, 1.54) is 18.2 Å². The number of benzene rings is 2. The molecule has 0 saturated heterocycles. The van der Waals surface area contributed by atoms with Crippen LogP contribution in [0.3, 0.4) is 0 Å². The van der Waals surface area contributed by atoms with Crippen LogP contribution in [-0.2, 0) is 5.88 Å². The molecule has 0 unspecified atom stereocenters. The Hall–Kier alpha value is -1.46. The number of aromatic nitrogens is 2. The van der Waals surface area contributed by atoms with Crippen LogP contribution in [0.5, 0.6) is 0 Å². The number of alkyl halides is 1. The molecule has 0 aliphatic carbocycles. The second-order valence-corrected chi connectivity index (χ2v) is 5.80. The molecule has 0 fully saturated rings. The zero-order valence-corrected chi connectivity index (χ0v) is 13.3. The highest BCUT2D eigenvalue weighted by molar-refractivity contribution is 9.10. The fourth-order valence-corrected chi connectivity index (χ4v) is 2.97. The lowest BCUT2D eigenvalue weighted by molar-refractivity contribution is 0.619. The molecule has 0 N–H and O–H groups in total. The molecule has 6 heteroatoms. The van der Waals surface area contributed by atoms with Crippen LogP contribution in [0, 0.1) is 18.6 Å². The number of nitrogens with zero attached hydrogens (tertiary/aromatic N) is 2. The van der Waals surface area contributed by atoms with Crippen LogP contribution < -0.4 is 0 Å². The highest BCUT2D eigenvalue weighted by Gasteiger charge is 2.16. The quantitative estimate of drug-likeness (QED) is 0.572. The first-order valence-corrected chi connectivity index (χ1v) is 7.53. The summed E-state index contributed by atoms with van der Waals surface area (Å²) < 4.78 is 29.5. The van der Waals surface area contributed by atoms with E-state index in [1.807, 2.05) is 6.92 Å². The van der Waals surface area contributed by atoms with E-state index >= 15 is 0 Å². The van der Waals surface area contributed by atoms with Gasteiger partial charge in [-0.2, -0.15) is 0 Å². The van der Waals surface area contributed by atoms with E-state index < -0.39 is 5.82 Å². The molecule has 0 bridgehead atoms. The highest BCUT2D eigenvalue weighted by atomic mass is 79.9. The number of aryl methyl sites for hydroxylation is 1. The van der Waals surface area contributed by atoms with E-state index in [4.69, 9.17) is 11.6 Å². The SMILES string of the molecule is Cc1cc(Br)c(F)cc1-n1c(CCl)nc2ccc(F)cc21. The summed E-state index contributed by atoms with van der Waals surface area (Å²) in [7, 11) is 0. The Morgan fingerprint density at radius 1 is 1.24 bits per heavy atom. The maximum Gasteiger partial charge on any atom is 0.139 e. The average Bonchev–Trinajstić information content (AvgIpc) is 2.80. The molecule has 2 aromatic carbocycles. The molecule has 108 valence electrons. The van der Waals surface area contributed by atoms with Gasteiger partial charge in [0.2, 0.25) is 0 Å². The van der Waals surface area contributed by atoms with Gasteiger partial charge >= 0.3 is 0 Å². The molecule has 1 aromatic heterocycles.